The van der Waals surface area contributed by atoms with Crippen LogP contribution < -0.4 is 15.5 Å². The van der Waals surface area contributed by atoms with Crippen LogP contribution in [0, 0.1) is 0 Å². The lowest BCUT2D eigenvalue weighted by molar-refractivity contribution is 0.0652. The van der Waals surface area contributed by atoms with Crippen molar-refractivity contribution in [3.63, 3.8) is 0 Å². The van der Waals surface area contributed by atoms with Crippen molar-refractivity contribution in [2.45, 2.75) is 26.3 Å². The van der Waals surface area contributed by atoms with E-state index in [-0.39, 0.29) is 11.8 Å². The highest BCUT2D eigenvalue weighted by atomic mass is 32.1. The Morgan fingerprint density at radius 3 is 2.43 bits per heavy atom. The van der Waals surface area contributed by atoms with Crippen molar-refractivity contribution in [3.8, 4) is 0 Å². The first-order valence-corrected chi connectivity index (χ1v) is 11.0. The molecule has 0 saturated carbocycles. The van der Waals surface area contributed by atoms with Crippen molar-refractivity contribution in [1.29, 1.82) is 0 Å². The Balaban J connectivity index is 1.44. The number of carbonyl (C=O) groups is 2. The van der Waals surface area contributed by atoms with Gasteiger partial charge in [-0.15, -0.1) is 11.3 Å². The number of imide groups is 1. The minimum Gasteiger partial charge on any atom is -0.357 e. The third-order valence-corrected chi connectivity index (χ3v) is 5.70. The van der Waals surface area contributed by atoms with E-state index >= 15 is 0 Å². The van der Waals surface area contributed by atoms with Crippen molar-refractivity contribution in [2.75, 3.05) is 38.6 Å². The van der Waals surface area contributed by atoms with Crippen LogP contribution in [-0.4, -0.2) is 61.4 Å². The van der Waals surface area contributed by atoms with Crippen LogP contribution in [0.5, 0.6) is 0 Å². The lowest BCUT2D eigenvalue weighted by Crippen LogP contribution is -2.38. The van der Waals surface area contributed by atoms with E-state index in [4.69, 9.17) is 0 Å². The van der Waals surface area contributed by atoms with Crippen molar-refractivity contribution >= 4 is 34.2 Å². The summed E-state index contributed by atoms with van der Waals surface area (Å²) in [6, 6.07) is 6.98. The van der Waals surface area contributed by atoms with Gasteiger partial charge in [-0.1, -0.05) is 12.1 Å². The molecular formula is C21H28N6O2S. The third-order valence-electron chi connectivity index (χ3n) is 4.64. The van der Waals surface area contributed by atoms with Gasteiger partial charge in [0.05, 0.1) is 23.4 Å². The fraction of sp³-hybridized carbons (Fsp3) is 0.429. The molecule has 0 bridgehead atoms. The summed E-state index contributed by atoms with van der Waals surface area (Å²) in [5.74, 6) is 0.343. The molecular weight excluding hydrogens is 400 g/mol. The maximum Gasteiger partial charge on any atom is 0.261 e. The zero-order valence-electron chi connectivity index (χ0n) is 17.6. The van der Waals surface area contributed by atoms with Gasteiger partial charge in [-0.3, -0.25) is 14.5 Å². The number of fused-ring (bicyclic) bond motifs is 1. The zero-order valence-corrected chi connectivity index (χ0v) is 18.5. The van der Waals surface area contributed by atoms with Crippen LogP contribution in [0.1, 0.15) is 46.2 Å². The van der Waals surface area contributed by atoms with Gasteiger partial charge >= 0.3 is 0 Å². The van der Waals surface area contributed by atoms with Gasteiger partial charge in [-0.25, -0.2) is 9.98 Å². The fourth-order valence-corrected chi connectivity index (χ4v) is 3.87. The Morgan fingerprint density at radius 1 is 1.13 bits per heavy atom. The smallest absolute Gasteiger partial charge is 0.261 e. The normalized spacial score (nSPS) is 13.6. The van der Waals surface area contributed by atoms with E-state index in [0.717, 1.165) is 36.2 Å². The van der Waals surface area contributed by atoms with Crippen molar-refractivity contribution in [3.05, 3.63) is 46.5 Å². The molecule has 0 spiro atoms. The van der Waals surface area contributed by atoms with E-state index in [1.807, 2.05) is 31.3 Å². The molecule has 2 N–H and O–H groups in total. The SMILES string of the molecule is CCNC(=NCc1csc(N(C)C)n1)NCCCCN1C(=O)c2ccccc2C1=O. The number of benzene rings is 1. The number of unbranched alkanes of at least 4 members (excludes halogenated alkanes) is 1. The van der Waals surface area contributed by atoms with Gasteiger partial charge in [0.25, 0.3) is 11.8 Å². The molecule has 0 fully saturated rings. The van der Waals surface area contributed by atoms with Crippen LogP contribution in [0.15, 0.2) is 34.6 Å². The number of nitrogens with zero attached hydrogens (tertiary/aromatic N) is 4. The van der Waals surface area contributed by atoms with Crippen LogP contribution in [-0.2, 0) is 6.54 Å². The number of amides is 2. The Bertz CT molecular complexity index is 889. The molecule has 2 aromatic rings. The van der Waals surface area contributed by atoms with Gasteiger partial charge in [0.2, 0.25) is 0 Å². The number of thiazole rings is 1. The Morgan fingerprint density at radius 2 is 1.83 bits per heavy atom. The molecule has 1 aliphatic heterocycles. The van der Waals surface area contributed by atoms with E-state index in [9.17, 15) is 9.59 Å². The molecule has 0 saturated heterocycles. The second-order valence-electron chi connectivity index (χ2n) is 7.15. The van der Waals surface area contributed by atoms with E-state index in [1.165, 1.54) is 4.90 Å². The molecule has 9 heteroatoms. The summed E-state index contributed by atoms with van der Waals surface area (Å²) in [5, 5.41) is 9.51. The lowest BCUT2D eigenvalue weighted by atomic mass is 10.1. The molecule has 0 radical (unpaired) electrons. The van der Waals surface area contributed by atoms with Gasteiger partial charge in [-0.2, -0.15) is 0 Å². The maximum absolute atomic E-state index is 12.4. The molecule has 160 valence electrons. The predicted molar refractivity (Wildman–Crippen MR) is 120 cm³/mol. The minimum atomic E-state index is -0.196. The summed E-state index contributed by atoms with van der Waals surface area (Å²) in [5.41, 5.74) is 1.94. The van der Waals surface area contributed by atoms with Gasteiger partial charge in [0.15, 0.2) is 11.1 Å². The zero-order chi connectivity index (χ0) is 21.5. The Kier molecular flexibility index (Phi) is 7.40. The quantitative estimate of drug-likeness (QED) is 0.276. The van der Waals surface area contributed by atoms with E-state index in [0.29, 0.717) is 30.8 Å². The number of rotatable bonds is 9. The van der Waals surface area contributed by atoms with Crippen molar-refractivity contribution in [1.82, 2.24) is 20.5 Å². The number of anilines is 1. The largest absolute Gasteiger partial charge is 0.357 e. The van der Waals surface area contributed by atoms with Gasteiger partial charge in [0.1, 0.15) is 0 Å². The summed E-state index contributed by atoms with van der Waals surface area (Å²) in [7, 11) is 3.94. The van der Waals surface area contributed by atoms with Crippen molar-refractivity contribution in [2.24, 2.45) is 4.99 Å². The molecule has 30 heavy (non-hydrogen) atoms. The fourth-order valence-electron chi connectivity index (χ4n) is 3.12. The molecule has 1 aromatic carbocycles. The maximum atomic E-state index is 12.4. The number of carbonyl (C=O) groups excluding carboxylic acids is 2. The number of nitrogens with one attached hydrogen (secondary N) is 2. The minimum absolute atomic E-state index is 0.196. The molecule has 1 aliphatic rings. The molecule has 1 aromatic heterocycles. The first-order chi connectivity index (χ1) is 14.5. The number of aromatic nitrogens is 1. The second kappa shape index (κ2) is 10.2. The van der Waals surface area contributed by atoms with Crippen LogP contribution in [0.25, 0.3) is 0 Å². The molecule has 0 aliphatic carbocycles. The number of aliphatic imine (C=N–C) groups is 1. The third kappa shape index (κ3) is 5.15. The first-order valence-electron chi connectivity index (χ1n) is 10.1. The van der Waals surface area contributed by atoms with Crippen LogP contribution in [0.4, 0.5) is 5.13 Å². The highest BCUT2D eigenvalue weighted by molar-refractivity contribution is 7.13. The predicted octanol–water partition coefficient (Wildman–Crippen LogP) is 2.34. The average Bonchev–Trinajstić information content (AvgIpc) is 3.31. The molecule has 0 atom stereocenters. The lowest BCUT2D eigenvalue weighted by Gasteiger charge is -2.14. The van der Waals surface area contributed by atoms with Crippen molar-refractivity contribution < 1.29 is 9.59 Å². The van der Waals surface area contributed by atoms with E-state index in [2.05, 4.69) is 20.6 Å². The Labute approximate surface area is 181 Å². The van der Waals surface area contributed by atoms with Crippen LogP contribution in [0.3, 0.4) is 0 Å². The molecule has 2 heterocycles. The number of hydrogen-bond donors (Lipinski definition) is 2. The second-order valence-corrected chi connectivity index (χ2v) is 7.99. The topological polar surface area (TPSA) is 89.9 Å². The summed E-state index contributed by atoms with van der Waals surface area (Å²) in [6.45, 7) is 4.42. The summed E-state index contributed by atoms with van der Waals surface area (Å²) >= 11 is 1.60. The summed E-state index contributed by atoms with van der Waals surface area (Å²) in [6.07, 6.45) is 1.55. The van der Waals surface area contributed by atoms with Crippen LogP contribution >= 0.6 is 11.3 Å². The standard InChI is InChI=1S/C21H28N6O2S/c1-4-22-20(24-13-15-14-30-21(25-15)26(2)3)23-11-7-8-12-27-18(28)16-9-5-6-10-17(16)19(27)29/h5-6,9-10,14H,4,7-8,11-13H2,1-3H3,(H2,22,23,24). The number of guanidine groups is 1. The molecule has 2 amide bonds. The molecule has 0 unspecified atom stereocenters. The highest BCUT2D eigenvalue weighted by Gasteiger charge is 2.34. The van der Waals surface area contributed by atoms with Crippen LogP contribution in [0.2, 0.25) is 0 Å². The van der Waals surface area contributed by atoms with Gasteiger partial charge < -0.3 is 15.5 Å². The Hall–Kier alpha value is -2.94. The van der Waals surface area contributed by atoms with E-state index < -0.39 is 0 Å². The average molecular weight is 429 g/mol. The highest BCUT2D eigenvalue weighted by Crippen LogP contribution is 2.22. The summed E-state index contributed by atoms with van der Waals surface area (Å²) < 4.78 is 0. The molecule has 3 rings (SSSR count). The van der Waals surface area contributed by atoms with Gasteiger partial charge in [-0.05, 0) is 31.9 Å². The monoisotopic (exact) mass is 428 g/mol. The number of hydrogen-bond acceptors (Lipinski definition) is 6. The first kappa shape index (κ1) is 21.8. The van der Waals surface area contributed by atoms with E-state index in [1.54, 1.807) is 35.6 Å². The van der Waals surface area contributed by atoms with Gasteiger partial charge in [0, 0.05) is 39.1 Å². The molecule has 8 nitrogen and oxygen atoms in total. The summed E-state index contributed by atoms with van der Waals surface area (Å²) in [4.78, 5) is 37.2.